The quantitative estimate of drug-likeness (QED) is 0.435. The van der Waals surface area contributed by atoms with Gasteiger partial charge in [-0.1, -0.05) is 38.1 Å². The van der Waals surface area contributed by atoms with Crippen LogP contribution in [-0.4, -0.2) is 36.5 Å². The Morgan fingerprint density at radius 2 is 1.03 bits per heavy atom. The van der Waals surface area contributed by atoms with Gasteiger partial charge in [-0.2, -0.15) is 0 Å². The van der Waals surface area contributed by atoms with Crippen molar-refractivity contribution in [2.24, 2.45) is 0 Å². The molecule has 2 atom stereocenters. The molecule has 6 heteroatoms. The topological polar surface area (TPSA) is 52.6 Å². The molecule has 2 saturated carbocycles. The van der Waals surface area contributed by atoms with Crippen LogP contribution in [0, 0.1) is 0 Å². The van der Waals surface area contributed by atoms with Crippen molar-refractivity contribution in [3.8, 4) is 0 Å². The number of rotatable bonds is 8. The molecule has 0 heterocycles. The Bertz CT molecular complexity index is 672. The van der Waals surface area contributed by atoms with Crippen LogP contribution in [0.1, 0.15) is 101 Å². The third kappa shape index (κ3) is 6.52. The lowest BCUT2D eigenvalue weighted by atomic mass is 9.80. The predicted molar refractivity (Wildman–Crippen MR) is 119 cm³/mol. The molecule has 0 spiro atoms. The predicted octanol–water partition coefficient (Wildman–Crippen LogP) is 6.32. The number of carbonyl (C=O) groups excluding carboxylic acids is 2. The fraction of sp³-hybridized carbons (Fsp3) is 0.692. The average Bonchev–Trinajstić information content (AvgIpc) is 2.84. The summed E-state index contributed by atoms with van der Waals surface area (Å²) in [6.45, 7) is 3.28. The molecule has 3 rings (SSSR count). The fourth-order valence-corrected chi connectivity index (χ4v) is 4.88. The second-order valence-corrected chi connectivity index (χ2v) is 9.24. The molecule has 32 heavy (non-hydrogen) atoms. The van der Waals surface area contributed by atoms with Crippen molar-refractivity contribution in [3.05, 3.63) is 35.4 Å². The van der Waals surface area contributed by atoms with Crippen molar-refractivity contribution in [2.75, 3.05) is 0 Å². The lowest BCUT2D eigenvalue weighted by molar-refractivity contribution is -0.157. The normalized spacial score (nSPS) is 27.9. The smallest absolute Gasteiger partial charge is 0.340 e. The molecule has 178 valence electrons. The van der Waals surface area contributed by atoms with Gasteiger partial charge in [0.1, 0.15) is 12.2 Å². The lowest BCUT2D eigenvalue weighted by Crippen LogP contribution is -2.28. The van der Waals surface area contributed by atoms with Crippen LogP contribution in [0.25, 0.3) is 0 Å². The highest BCUT2D eigenvalue weighted by molar-refractivity contribution is 5.75. The van der Waals surface area contributed by atoms with Gasteiger partial charge in [0.2, 0.25) is 0 Å². The molecule has 0 radical (unpaired) electrons. The van der Waals surface area contributed by atoms with E-state index in [9.17, 15) is 18.4 Å². The Labute approximate surface area is 190 Å². The van der Waals surface area contributed by atoms with E-state index in [0.717, 1.165) is 51.4 Å². The Kier molecular flexibility index (Phi) is 9.06. The molecule has 1 aromatic rings. The average molecular weight is 451 g/mol. The van der Waals surface area contributed by atoms with Crippen LogP contribution < -0.4 is 0 Å². The zero-order valence-corrected chi connectivity index (χ0v) is 19.2. The molecule has 0 aliphatic heterocycles. The molecule has 2 aliphatic carbocycles. The van der Waals surface area contributed by atoms with Crippen LogP contribution in [0.3, 0.4) is 0 Å². The zero-order chi connectivity index (χ0) is 23.1. The van der Waals surface area contributed by atoms with E-state index in [1.54, 1.807) is 13.8 Å². The van der Waals surface area contributed by atoms with E-state index in [2.05, 4.69) is 24.3 Å². The molecule has 2 fully saturated rings. The van der Waals surface area contributed by atoms with Crippen molar-refractivity contribution < 1.29 is 27.8 Å². The molecule has 0 saturated heterocycles. The number of esters is 2. The van der Waals surface area contributed by atoms with Gasteiger partial charge in [-0.25, -0.2) is 18.4 Å². The van der Waals surface area contributed by atoms with Gasteiger partial charge in [-0.15, -0.1) is 0 Å². The minimum Gasteiger partial charge on any atom is -0.460 e. The summed E-state index contributed by atoms with van der Waals surface area (Å²) in [7, 11) is 0. The van der Waals surface area contributed by atoms with Crippen LogP contribution in [0.15, 0.2) is 24.3 Å². The van der Waals surface area contributed by atoms with Crippen molar-refractivity contribution in [3.63, 3.8) is 0 Å². The third-order valence-corrected chi connectivity index (χ3v) is 7.02. The molecule has 4 nitrogen and oxygen atoms in total. The molecule has 0 unspecified atom stereocenters. The van der Waals surface area contributed by atoms with Crippen molar-refractivity contribution in [1.82, 2.24) is 0 Å². The van der Waals surface area contributed by atoms with Gasteiger partial charge in [0.15, 0.2) is 12.3 Å². The fourth-order valence-electron chi connectivity index (χ4n) is 4.88. The summed E-state index contributed by atoms with van der Waals surface area (Å²) in [6, 6.07) is 8.79. The van der Waals surface area contributed by atoms with E-state index in [4.69, 9.17) is 9.47 Å². The molecular weight excluding hydrogens is 414 g/mol. The number of halogens is 2. The first-order valence-corrected chi connectivity index (χ1v) is 12.2. The largest absolute Gasteiger partial charge is 0.460 e. The molecule has 0 amide bonds. The van der Waals surface area contributed by atoms with Crippen LogP contribution >= 0.6 is 0 Å². The SMILES string of the molecule is CC[C@H](F)C(=O)O[C@H]1CC[C@H](c2ccc([C@H]3CC[C@H](OC(=O)[C@@H](F)CC)CC3)cc2)CC1. The van der Waals surface area contributed by atoms with E-state index >= 15 is 0 Å². The monoisotopic (exact) mass is 450 g/mol. The maximum atomic E-state index is 13.4. The molecule has 2 aliphatic rings. The van der Waals surface area contributed by atoms with Gasteiger partial charge >= 0.3 is 11.9 Å². The Balaban J connectivity index is 1.44. The van der Waals surface area contributed by atoms with Crippen LogP contribution in [-0.2, 0) is 19.1 Å². The summed E-state index contributed by atoms with van der Waals surface area (Å²) in [5.41, 5.74) is 2.60. The van der Waals surface area contributed by atoms with Crippen LogP contribution in [0.5, 0.6) is 0 Å². The number of alkyl halides is 2. The van der Waals surface area contributed by atoms with E-state index in [0.29, 0.717) is 11.8 Å². The van der Waals surface area contributed by atoms with Crippen molar-refractivity contribution in [1.29, 1.82) is 0 Å². The summed E-state index contributed by atoms with van der Waals surface area (Å²) in [5, 5.41) is 0. The van der Waals surface area contributed by atoms with Gasteiger partial charge in [0.05, 0.1) is 0 Å². The molecule has 0 aromatic heterocycles. The highest BCUT2D eigenvalue weighted by Crippen LogP contribution is 2.37. The number of hydrogen-bond donors (Lipinski definition) is 0. The maximum absolute atomic E-state index is 13.4. The Morgan fingerprint density at radius 1 is 0.719 bits per heavy atom. The second-order valence-electron chi connectivity index (χ2n) is 9.24. The highest BCUT2D eigenvalue weighted by Gasteiger charge is 2.29. The second kappa shape index (κ2) is 11.8. The number of ether oxygens (including phenoxy) is 2. The van der Waals surface area contributed by atoms with Gasteiger partial charge in [0, 0.05) is 0 Å². The van der Waals surface area contributed by atoms with E-state index < -0.39 is 24.3 Å². The summed E-state index contributed by atoms with van der Waals surface area (Å²) >= 11 is 0. The molecule has 1 aromatic carbocycles. The molecule has 0 bridgehead atoms. The number of benzene rings is 1. The maximum Gasteiger partial charge on any atom is 0.340 e. The molecular formula is C26H36F2O4. The van der Waals surface area contributed by atoms with E-state index in [1.165, 1.54) is 11.1 Å². The minimum atomic E-state index is -1.51. The molecule has 0 N–H and O–H groups in total. The van der Waals surface area contributed by atoms with E-state index in [-0.39, 0.29) is 25.0 Å². The zero-order valence-electron chi connectivity index (χ0n) is 19.2. The Morgan fingerprint density at radius 3 is 1.31 bits per heavy atom. The summed E-state index contributed by atoms with van der Waals surface area (Å²) in [5.74, 6) is -0.568. The lowest BCUT2D eigenvalue weighted by Gasteiger charge is -2.30. The minimum absolute atomic E-state index is 0.157. The van der Waals surface area contributed by atoms with Gasteiger partial charge in [-0.05, 0) is 87.2 Å². The standard InChI is InChI=1S/C26H36F2O4/c1-3-23(27)25(29)31-21-13-9-19(10-14-21)17-5-7-18(8-6-17)20-11-15-22(16-12-20)32-26(30)24(28)4-2/h5-8,19-24H,3-4,9-16H2,1-2H3/t19-,20-,21-,22-,23-,24-/m0/s1. The van der Waals surface area contributed by atoms with Crippen molar-refractivity contribution in [2.45, 2.75) is 114 Å². The first-order chi connectivity index (χ1) is 15.4. The summed E-state index contributed by atoms with van der Waals surface area (Å²) < 4.78 is 37.5. The van der Waals surface area contributed by atoms with Crippen molar-refractivity contribution >= 4 is 11.9 Å². The first-order valence-electron chi connectivity index (χ1n) is 12.2. The highest BCUT2D eigenvalue weighted by atomic mass is 19.1. The number of carbonyl (C=O) groups is 2. The summed E-state index contributed by atoms with van der Waals surface area (Å²) in [6.07, 6.45) is 3.78. The van der Waals surface area contributed by atoms with Gasteiger partial charge in [0.25, 0.3) is 0 Å². The van der Waals surface area contributed by atoms with Crippen LogP contribution in [0.2, 0.25) is 0 Å². The van der Waals surface area contributed by atoms with E-state index in [1.807, 2.05) is 0 Å². The first kappa shape index (κ1) is 24.7. The Hall–Kier alpha value is -1.98. The number of hydrogen-bond acceptors (Lipinski definition) is 4. The van der Waals surface area contributed by atoms with Gasteiger partial charge in [-0.3, -0.25) is 0 Å². The third-order valence-electron chi connectivity index (χ3n) is 7.02. The van der Waals surface area contributed by atoms with Gasteiger partial charge < -0.3 is 9.47 Å². The summed E-state index contributed by atoms with van der Waals surface area (Å²) in [4.78, 5) is 23.3. The van der Waals surface area contributed by atoms with Crippen LogP contribution in [0.4, 0.5) is 8.78 Å².